The van der Waals surface area contributed by atoms with Gasteiger partial charge in [-0.3, -0.25) is 0 Å². The van der Waals surface area contributed by atoms with Crippen LogP contribution in [0.1, 0.15) is 6.42 Å². The van der Waals surface area contributed by atoms with Gasteiger partial charge in [0.1, 0.15) is 0 Å². The van der Waals surface area contributed by atoms with E-state index < -0.39 is 12.6 Å². The summed E-state index contributed by atoms with van der Waals surface area (Å²) in [5.41, 5.74) is 0. The smallest absolute Gasteiger partial charge is 0.361 e. The molecule has 0 saturated heterocycles. The monoisotopic (exact) mass is 274 g/mol. The molecule has 0 atom stereocenters. The van der Waals surface area contributed by atoms with Crippen molar-refractivity contribution in [1.29, 1.82) is 0 Å². The van der Waals surface area contributed by atoms with Crippen LogP contribution in [0.5, 0.6) is 0 Å². The standard InChI is InChI=1S/C6H6BrF3N2S/c7-4-3-12-5(13-4)11-2-1-6(8,9)10/h3H,1-2H2,(H,11,12). The summed E-state index contributed by atoms with van der Waals surface area (Å²) in [5.74, 6) is 0. The molecule has 0 aliphatic carbocycles. The molecule has 0 amide bonds. The van der Waals surface area contributed by atoms with Gasteiger partial charge in [0.25, 0.3) is 0 Å². The van der Waals surface area contributed by atoms with E-state index >= 15 is 0 Å². The minimum absolute atomic E-state index is 0.135. The second-order valence-corrected chi connectivity index (χ2v) is 4.67. The third-order valence-corrected chi connectivity index (χ3v) is 2.60. The molecule has 1 aromatic rings. The molecule has 0 aromatic carbocycles. The van der Waals surface area contributed by atoms with E-state index in [0.717, 1.165) is 3.79 Å². The minimum atomic E-state index is -4.11. The number of nitrogens with zero attached hydrogens (tertiary/aromatic N) is 1. The molecule has 0 aliphatic heterocycles. The average Bonchev–Trinajstić information content (AvgIpc) is 2.33. The summed E-state index contributed by atoms with van der Waals surface area (Å²) in [5, 5.41) is 3.08. The fraction of sp³-hybridized carbons (Fsp3) is 0.500. The third kappa shape index (κ3) is 4.47. The number of hydrogen-bond donors (Lipinski definition) is 1. The zero-order chi connectivity index (χ0) is 9.90. The Kier molecular flexibility index (Phi) is 3.55. The highest BCUT2D eigenvalue weighted by atomic mass is 79.9. The fourth-order valence-electron chi connectivity index (χ4n) is 0.647. The number of aromatic nitrogens is 1. The second kappa shape index (κ2) is 4.28. The van der Waals surface area contributed by atoms with E-state index in [9.17, 15) is 13.2 Å². The molecule has 2 nitrogen and oxygen atoms in total. The molecule has 0 spiro atoms. The molecule has 0 unspecified atom stereocenters. The van der Waals surface area contributed by atoms with E-state index in [1.165, 1.54) is 11.3 Å². The first-order chi connectivity index (χ1) is 5.97. The molecule has 7 heteroatoms. The minimum Gasteiger partial charge on any atom is -0.361 e. The van der Waals surface area contributed by atoms with Crippen LogP contribution in [0.3, 0.4) is 0 Å². The predicted octanol–water partition coefficient (Wildman–Crippen LogP) is 3.27. The summed E-state index contributed by atoms with van der Waals surface area (Å²) in [4.78, 5) is 3.83. The van der Waals surface area contributed by atoms with Gasteiger partial charge >= 0.3 is 6.18 Å². The Morgan fingerprint density at radius 1 is 1.54 bits per heavy atom. The topological polar surface area (TPSA) is 24.9 Å². The molecule has 1 rings (SSSR count). The molecule has 0 aliphatic rings. The van der Waals surface area contributed by atoms with Crippen LogP contribution in [0.2, 0.25) is 0 Å². The molecule has 0 bridgehead atoms. The van der Waals surface area contributed by atoms with Crippen molar-refractivity contribution >= 4 is 32.4 Å². The lowest BCUT2D eigenvalue weighted by Gasteiger charge is -2.05. The highest BCUT2D eigenvalue weighted by molar-refractivity contribution is 9.11. The predicted molar refractivity (Wildman–Crippen MR) is 49.0 cm³/mol. The molecule has 13 heavy (non-hydrogen) atoms. The van der Waals surface area contributed by atoms with Gasteiger partial charge in [0.05, 0.1) is 16.4 Å². The second-order valence-electron chi connectivity index (χ2n) is 2.26. The summed E-state index contributed by atoms with van der Waals surface area (Å²) < 4.78 is 35.9. The lowest BCUT2D eigenvalue weighted by Crippen LogP contribution is -2.14. The van der Waals surface area contributed by atoms with Crippen molar-refractivity contribution in [2.24, 2.45) is 0 Å². The van der Waals surface area contributed by atoms with E-state index in [1.807, 2.05) is 0 Å². The number of hydrogen-bond acceptors (Lipinski definition) is 3. The van der Waals surface area contributed by atoms with Crippen molar-refractivity contribution in [3.63, 3.8) is 0 Å². The van der Waals surface area contributed by atoms with Crippen molar-refractivity contribution in [3.8, 4) is 0 Å². The van der Waals surface area contributed by atoms with E-state index in [1.54, 1.807) is 6.20 Å². The van der Waals surface area contributed by atoms with E-state index in [2.05, 4.69) is 26.2 Å². The Bertz CT molecular complexity index is 273. The molecular formula is C6H6BrF3N2S. The lowest BCUT2D eigenvalue weighted by atomic mass is 10.4. The van der Waals surface area contributed by atoms with Gasteiger partial charge in [-0.15, -0.1) is 0 Å². The molecule has 1 aromatic heterocycles. The van der Waals surface area contributed by atoms with E-state index in [4.69, 9.17) is 0 Å². The number of halogens is 4. The van der Waals surface area contributed by atoms with Crippen molar-refractivity contribution < 1.29 is 13.2 Å². The van der Waals surface area contributed by atoms with Gasteiger partial charge in [-0.05, 0) is 15.9 Å². The lowest BCUT2D eigenvalue weighted by molar-refractivity contribution is -0.131. The Balaban J connectivity index is 2.28. The Morgan fingerprint density at radius 2 is 2.23 bits per heavy atom. The van der Waals surface area contributed by atoms with Crippen LogP contribution in [0.25, 0.3) is 0 Å². The maximum atomic E-state index is 11.7. The third-order valence-electron chi connectivity index (χ3n) is 1.16. The van der Waals surface area contributed by atoms with E-state index in [-0.39, 0.29) is 6.54 Å². The Morgan fingerprint density at radius 3 is 2.69 bits per heavy atom. The van der Waals surface area contributed by atoms with Crippen LogP contribution in [-0.2, 0) is 0 Å². The maximum Gasteiger partial charge on any atom is 0.390 e. The summed E-state index contributed by atoms with van der Waals surface area (Å²) in [6.45, 7) is -0.135. The van der Waals surface area contributed by atoms with Crippen LogP contribution >= 0.6 is 27.3 Å². The number of alkyl halides is 3. The number of nitrogens with one attached hydrogen (secondary N) is 1. The van der Waals surface area contributed by atoms with E-state index in [0.29, 0.717) is 5.13 Å². The summed E-state index contributed by atoms with van der Waals surface area (Å²) in [6.07, 6.45) is -3.41. The van der Waals surface area contributed by atoms with Crippen molar-refractivity contribution in [2.75, 3.05) is 11.9 Å². The molecule has 0 fully saturated rings. The molecular weight excluding hydrogens is 269 g/mol. The summed E-state index contributed by atoms with van der Waals surface area (Å²) >= 11 is 4.42. The van der Waals surface area contributed by atoms with Crippen LogP contribution in [-0.4, -0.2) is 17.7 Å². The molecule has 1 N–H and O–H groups in total. The maximum absolute atomic E-state index is 11.7. The molecule has 0 radical (unpaired) electrons. The van der Waals surface area contributed by atoms with Gasteiger partial charge in [-0.2, -0.15) is 13.2 Å². The molecule has 0 saturated carbocycles. The molecule has 74 valence electrons. The zero-order valence-corrected chi connectivity index (χ0v) is 8.76. The van der Waals surface area contributed by atoms with Gasteiger partial charge in [-0.25, -0.2) is 4.98 Å². The highest BCUT2D eigenvalue weighted by Crippen LogP contribution is 2.24. The molecule has 1 heterocycles. The van der Waals surface area contributed by atoms with Gasteiger partial charge in [0.2, 0.25) is 0 Å². The quantitative estimate of drug-likeness (QED) is 0.915. The average molecular weight is 275 g/mol. The van der Waals surface area contributed by atoms with Gasteiger partial charge in [-0.1, -0.05) is 11.3 Å². The number of rotatable bonds is 3. The van der Waals surface area contributed by atoms with Crippen molar-refractivity contribution in [2.45, 2.75) is 12.6 Å². The first-order valence-electron chi connectivity index (χ1n) is 3.39. The van der Waals surface area contributed by atoms with Crippen LogP contribution in [0, 0.1) is 0 Å². The first kappa shape index (κ1) is 10.8. The van der Waals surface area contributed by atoms with Crippen molar-refractivity contribution in [3.05, 3.63) is 9.98 Å². The SMILES string of the molecule is FC(F)(F)CCNc1ncc(Br)s1. The Labute approximate surface area is 85.3 Å². The number of thiazole rings is 1. The van der Waals surface area contributed by atoms with Gasteiger partial charge in [0.15, 0.2) is 5.13 Å². The van der Waals surface area contributed by atoms with Gasteiger partial charge < -0.3 is 5.32 Å². The summed E-state index contributed by atoms with van der Waals surface area (Å²) in [6, 6.07) is 0. The zero-order valence-electron chi connectivity index (χ0n) is 6.36. The van der Waals surface area contributed by atoms with Crippen molar-refractivity contribution in [1.82, 2.24) is 4.98 Å². The first-order valence-corrected chi connectivity index (χ1v) is 5.00. The fourth-order valence-corrected chi connectivity index (χ4v) is 1.78. The van der Waals surface area contributed by atoms with Crippen LogP contribution < -0.4 is 5.32 Å². The number of anilines is 1. The Hall–Kier alpha value is -0.300. The summed E-state index contributed by atoms with van der Waals surface area (Å²) in [7, 11) is 0. The van der Waals surface area contributed by atoms with Gasteiger partial charge in [0, 0.05) is 6.54 Å². The van der Waals surface area contributed by atoms with Crippen LogP contribution in [0.4, 0.5) is 18.3 Å². The highest BCUT2D eigenvalue weighted by Gasteiger charge is 2.26. The van der Waals surface area contributed by atoms with Crippen LogP contribution in [0.15, 0.2) is 9.98 Å². The normalized spacial score (nSPS) is 11.7. The largest absolute Gasteiger partial charge is 0.390 e.